The van der Waals surface area contributed by atoms with E-state index in [1.807, 2.05) is 4.90 Å². The van der Waals surface area contributed by atoms with E-state index >= 15 is 0 Å². The van der Waals surface area contributed by atoms with E-state index in [0.29, 0.717) is 0 Å². The molecule has 0 radical (unpaired) electrons. The van der Waals surface area contributed by atoms with Gasteiger partial charge in [-0.3, -0.25) is 4.79 Å². The van der Waals surface area contributed by atoms with Crippen LogP contribution < -0.4 is 0 Å². The van der Waals surface area contributed by atoms with Gasteiger partial charge >= 0.3 is 0 Å². The van der Waals surface area contributed by atoms with E-state index in [-0.39, 0.29) is 5.41 Å². The van der Waals surface area contributed by atoms with E-state index in [2.05, 4.69) is 39.0 Å². The van der Waals surface area contributed by atoms with Crippen molar-refractivity contribution in [1.29, 1.82) is 0 Å². The third-order valence-electron chi connectivity index (χ3n) is 3.12. The third-order valence-corrected chi connectivity index (χ3v) is 3.12. The van der Waals surface area contributed by atoms with Crippen LogP contribution in [0.3, 0.4) is 0 Å². The van der Waals surface area contributed by atoms with Crippen LogP contribution in [0.25, 0.3) is 0 Å². The van der Waals surface area contributed by atoms with Gasteiger partial charge in [-0.25, -0.2) is 0 Å². The fourth-order valence-electron chi connectivity index (χ4n) is 2.40. The van der Waals surface area contributed by atoms with E-state index in [4.69, 9.17) is 0 Å². The quantitative estimate of drug-likeness (QED) is 0.641. The topological polar surface area (TPSA) is 20.3 Å². The Hall–Kier alpha value is -1.31. The molecule has 15 heavy (non-hydrogen) atoms. The Morgan fingerprint density at radius 3 is 2.80 bits per heavy atom. The molecule has 0 aliphatic carbocycles. The summed E-state index contributed by atoms with van der Waals surface area (Å²) in [5.41, 5.74) is 4.03. The number of amides is 1. The largest absolute Gasteiger partial charge is 0.340 e. The zero-order valence-electron chi connectivity index (χ0n) is 9.58. The lowest BCUT2D eigenvalue weighted by Crippen LogP contribution is -2.41. The molecule has 2 nitrogen and oxygen atoms in total. The van der Waals surface area contributed by atoms with Crippen molar-refractivity contribution in [3.05, 3.63) is 34.9 Å². The zero-order chi connectivity index (χ0) is 11.1. The molecule has 0 aromatic heterocycles. The number of nitrogens with zero attached hydrogens (tertiary/aromatic N) is 1. The molecule has 0 fully saturated rings. The molecule has 0 saturated carbocycles. The molecule has 0 atom stereocenters. The van der Waals surface area contributed by atoms with Crippen molar-refractivity contribution >= 4 is 6.41 Å². The van der Waals surface area contributed by atoms with E-state index in [1.54, 1.807) is 0 Å². The molecule has 0 spiro atoms. The number of hydrogen-bond acceptors (Lipinski definition) is 1. The minimum Gasteiger partial charge on any atom is -0.340 e. The molecule has 0 saturated heterocycles. The third kappa shape index (κ3) is 1.76. The lowest BCUT2D eigenvalue weighted by Gasteiger charge is -2.38. The molecule has 1 aliphatic heterocycles. The number of rotatable bonds is 1. The van der Waals surface area contributed by atoms with Crippen LogP contribution in [0.2, 0.25) is 0 Å². The summed E-state index contributed by atoms with van der Waals surface area (Å²) in [4.78, 5) is 12.7. The number of carbonyl (C=O) groups excluding carboxylic acids is 1. The summed E-state index contributed by atoms with van der Waals surface area (Å²) >= 11 is 0. The molecule has 1 aromatic carbocycles. The first-order valence-corrected chi connectivity index (χ1v) is 5.32. The highest BCUT2D eigenvalue weighted by Crippen LogP contribution is 2.33. The molecule has 0 N–H and O–H groups in total. The standard InChI is InChI=1S/C13H17NO/c1-10-4-5-11-7-14(9-15)8-13(2,3)12(11)6-10/h4-6,9H,7-8H2,1-3H3. The van der Waals surface area contributed by atoms with Crippen LogP contribution in [0.15, 0.2) is 18.2 Å². The SMILES string of the molecule is Cc1ccc2c(c1)C(C)(C)CN(C=O)C2. The minimum absolute atomic E-state index is 0.0700. The first-order valence-electron chi connectivity index (χ1n) is 5.32. The predicted octanol–water partition coefficient (Wildman–Crippen LogP) is 2.24. The average molecular weight is 203 g/mol. The van der Waals surface area contributed by atoms with Gasteiger partial charge in [0.05, 0.1) is 0 Å². The molecule has 1 aliphatic rings. The van der Waals surface area contributed by atoms with Crippen LogP contribution in [-0.4, -0.2) is 17.9 Å². The van der Waals surface area contributed by atoms with Crippen molar-refractivity contribution in [1.82, 2.24) is 4.90 Å². The Balaban J connectivity index is 2.49. The smallest absolute Gasteiger partial charge is 0.210 e. The maximum atomic E-state index is 10.9. The Kier molecular flexibility index (Phi) is 2.29. The molecule has 80 valence electrons. The summed E-state index contributed by atoms with van der Waals surface area (Å²) in [5, 5.41) is 0. The normalized spacial score (nSPS) is 18.5. The Labute approximate surface area is 90.9 Å². The molecule has 0 unspecified atom stereocenters. The maximum Gasteiger partial charge on any atom is 0.210 e. The fraction of sp³-hybridized carbons (Fsp3) is 0.462. The Morgan fingerprint density at radius 1 is 1.40 bits per heavy atom. The number of fused-ring (bicyclic) bond motifs is 1. The second-order valence-electron chi connectivity index (χ2n) is 5.05. The molecular formula is C13H17NO. The van der Waals surface area contributed by atoms with Crippen LogP contribution in [0.5, 0.6) is 0 Å². The first kappa shape index (κ1) is 10.2. The summed E-state index contributed by atoms with van der Waals surface area (Å²) in [7, 11) is 0. The summed E-state index contributed by atoms with van der Waals surface area (Å²) < 4.78 is 0. The lowest BCUT2D eigenvalue weighted by molar-refractivity contribution is -0.119. The van der Waals surface area contributed by atoms with Gasteiger partial charge < -0.3 is 4.90 Å². The summed E-state index contributed by atoms with van der Waals surface area (Å²) in [5.74, 6) is 0. The predicted molar refractivity (Wildman–Crippen MR) is 60.7 cm³/mol. The average Bonchev–Trinajstić information content (AvgIpc) is 2.18. The number of benzene rings is 1. The van der Waals surface area contributed by atoms with Gasteiger partial charge in [-0.2, -0.15) is 0 Å². The summed E-state index contributed by atoms with van der Waals surface area (Å²) in [6.07, 6.45) is 0.949. The van der Waals surface area contributed by atoms with Crippen LogP contribution in [0, 0.1) is 6.92 Å². The molecular weight excluding hydrogens is 186 g/mol. The first-order chi connectivity index (χ1) is 7.03. The second kappa shape index (κ2) is 3.37. The number of aryl methyl sites for hydroxylation is 1. The van der Waals surface area contributed by atoms with Gasteiger partial charge in [-0.1, -0.05) is 37.6 Å². The van der Waals surface area contributed by atoms with Crippen molar-refractivity contribution in [2.24, 2.45) is 0 Å². The molecule has 2 rings (SSSR count). The van der Waals surface area contributed by atoms with Crippen LogP contribution in [0.1, 0.15) is 30.5 Å². The van der Waals surface area contributed by atoms with Crippen molar-refractivity contribution < 1.29 is 4.79 Å². The van der Waals surface area contributed by atoms with Crippen LogP contribution in [-0.2, 0) is 16.8 Å². The monoisotopic (exact) mass is 203 g/mol. The van der Waals surface area contributed by atoms with E-state index in [9.17, 15) is 4.79 Å². The van der Waals surface area contributed by atoms with Gasteiger partial charge in [0.25, 0.3) is 0 Å². The van der Waals surface area contributed by atoms with Gasteiger partial charge in [0.2, 0.25) is 6.41 Å². The number of hydrogen-bond donors (Lipinski definition) is 0. The van der Waals surface area contributed by atoms with Gasteiger partial charge in [0.15, 0.2) is 0 Å². The fourth-order valence-corrected chi connectivity index (χ4v) is 2.40. The highest BCUT2D eigenvalue weighted by atomic mass is 16.1. The maximum absolute atomic E-state index is 10.9. The lowest BCUT2D eigenvalue weighted by atomic mass is 9.78. The number of carbonyl (C=O) groups is 1. The minimum atomic E-state index is 0.0700. The van der Waals surface area contributed by atoms with E-state index < -0.39 is 0 Å². The Morgan fingerprint density at radius 2 is 2.13 bits per heavy atom. The Bertz CT molecular complexity index is 396. The van der Waals surface area contributed by atoms with Crippen LogP contribution in [0.4, 0.5) is 0 Å². The van der Waals surface area contributed by atoms with Crippen LogP contribution >= 0.6 is 0 Å². The molecule has 1 amide bonds. The van der Waals surface area contributed by atoms with Gasteiger partial charge in [-0.15, -0.1) is 0 Å². The molecule has 2 heteroatoms. The van der Waals surface area contributed by atoms with Crippen molar-refractivity contribution in [2.75, 3.05) is 6.54 Å². The zero-order valence-corrected chi connectivity index (χ0v) is 9.58. The second-order valence-corrected chi connectivity index (χ2v) is 5.05. The molecule has 0 bridgehead atoms. The summed E-state index contributed by atoms with van der Waals surface area (Å²) in [6.45, 7) is 8.07. The van der Waals surface area contributed by atoms with Crippen molar-refractivity contribution in [3.8, 4) is 0 Å². The van der Waals surface area contributed by atoms with Crippen molar-refractivity contribution in [3.63, 3.8) is 0 Å². The highest BCUT2D eigenvalue weighted by molar-refractivity contribution is 5.51. The van der Waals surface area contributed by atoms with E-state index in [1.165, 1.54) is 16.7 Å². The molecule has 1 heterocycles. The summed E-state index contributed by atoms with van der Waals surface area (Å²) in [6, 6.07) is 6.50. The molecule has 1 aromatic rings. The van der Waals surface area contributed by atoms with Gasteiger partial charge in [0, 0.05) is 18.5 Å². The van der Waals surface area contributed by atoms with Crippen molar-refractivity contribution in [2.45, 2.75) is 32.7 Å². The van der Waals surface area contributed by atoms with Gasteiger partial charge in [-0.05, 0) is 18.1 Å². The van der Waals surface area contributed by atoms with E-state index in [0.717, 1.165) is 19.5 Å². The highest BCUT2D eigenvalue weighted by Gasteiger charge is 2.30. The van der Waals surface area contributed by atoms with Gasteiger partial charge in [0.1, 0.15) is 0 Å².